The van der Waals surface area contributed by atoms with Crippen LogP contribution in [0.25, 0.3) is 0 Å². The smallest absolute Gasteiger partial charge is 0.238 e. The molecule has 1 aromatic heterocycles. The van der Waals surface area contributed by atoms with Crippen LogP contribution in [-0.4, -0.2) is 19.3 Å². The first-order valence-electron chi connectivity index (χ1n) is 5.70. The highest BCUT2D eigenvalue weighted by Crippen LogP contribution is 2.08. The minimum Gasteiger partial charge on any atom is -0.451 e. The third-order valence-electron chi connectivity index (χ3n) is 2.57. The molecule has 0 radical (unpaired) electrons. The van der Waals surface area contributed by atoms with Crippen LogP contribution < -0.4 is 10.5 Å². The number of sulfonamides is 1. The van der Waals surface area contributed by atoms with Crippen LogP contribution in [0.4, 0.5) is 0 Å². The van der Waals surface area contributed by atoms with E-state index in [2.05, 4.69) is 10.3 Å². The molecule has 1 aromatic carbocycles. The number of hydrogen-bond donors (Lipinski definition) is 2. The fourth-order valence-electron chi connectivity index (χ4n) is 1.55. The summed E-state index contributed by atoms with van der Waals surface area (Å²) in [6.07, 6.45) is 2.79. The van der Waals surface area contributed by atoms with E-state index in [1.165, 1.54) is 24.8 Å². The summed E-state index contributed by atoms with van der Waals surface area (Å²) in [5.74, 6) is -0.200. The van der Waals surface area contributed by atoms with Gasteiger partial charge in [-0.2, -0.15) is 0 Å². The summed E-state index contributed by atoms with van der Waals surface area (Å²) < 4.78 is 26.9. The molecule has 0 aliphatic carbocycles. The van der Waals surface area contributed by atoms with Crippen LogP contribution in [0.1, 0.15) is 11.3 Å². The Bertz CT molecular complexity index is 678. The van der Waals surface area contributed by atoms with E-state index in [1.807, 2.05) is 0 Å². The molecular formula is C12H13N3O4S. The molecule has 0 saturated heterocycles. The van der Waals surface area contributed by atoms with Crippen molar-refractivity contribution < 1.29 is 17.6 Å². The van der Waals surface area contributed by atoms with Gasteiger partial charge in [-0.15, -0.1) is 0 Å². The summed E-state index contributed by atoms with van der Waals surface area (Å²) in [5.41, 5.74) is 1.32. The van der Waals surface area contributed by atoms with Gasteiger partial charge in [0.05, 0.1) is 17.0 Å². The number of carbonyl (C=O) groups is 1. The third-order valence-corrected chi connectivity index (χ3v) is 3.50. The molecule has 0 atom stereocenters. The lowest BCUT2D eigenvalue weighted by Gasteiger charge is -2.05. The van der Waals surface area contributed by atoms with Crippen molar-refractivity contribution in [1.82, 2.24) is 10.3 Å². The maximum absolute atomic E-state index is 11.6. The van der Waals surface area contributed by atoms with Crippen molar-refractivity contribution in [1.29, 1.82) is 0 Å². The van der Waals surface area contributed by atoms with E-state index < -0.39 is 10.0 Å². The predicted octanol–water partition coefficient (Wildman–Crippen LogP) is 0.181. The maximum Gasteiger partial charge on any atom is 0.238 e. The van der Waals surface area contributed by atoms with Gasteiger partial charge in [0.15, 0.2) is 6.39 Å². The van der Waals surface area contributed by atoms with Gasteiger partial charge >= 0.3 is 0 Å². The summed E-state index contributed by atoms with van der Waals surface area (Å²) in [6, 6.07) is 5.98. The molecule has 0 saturated carbocycles. The molecule has 0 unspecified atom stereocenters. The summed E-state index contributed by atoms with van der Waals surface area (Å²) in [7, 11) is -3.69. The van der Waals surface area contributed by atoms with Gasteiger partial charge < -0.3 is 9.73 Å². The average molecular weight is 295 g/mol. The number of nitrogens with two attached hydrogens (primary N) is 1. The van der Waals surface area contributed by atoms with Gasteiger partial charge in [-0.1, -0.05) is 12.1 Å². The fourth-order valence-corrected chi connectivity index (χ4v) is 2.06. The van der Waals surface area contributed by atoms with E-state index in [-0.39, 0.29) is 17.2 Å². The van der Waals surface area contributed by atoms with Gasteiger partial charge in [-0.05, 0) is 17.7 Å². The average Bonchev–Trinajstić information content (AvgIpc) is 2.88. The largest absolute Gasteiger partial charge is 0.451 e. The molecule has 2 rings (SSSR count). The molecule has 0 fully saturated rings. The van der Waals surface area contributed by atoms with E-state index in [1.54, 1.807) is 12.1 Å². The second kappa shape index (κ2) is 5.85. The van der Waals surface area contributed by atoms with Crippen LogP contribution in [0.5, 0.6) is 0 Å². The first kappa shape index (κ1) is 14.2. The second-order valence-electron chi connectivity index (χ2n) is 4.12. The Balaban J connectivity index is 1.89. The van der Waals surface area contributed by atoms with Gasteiger partial charge in [0.2, 0.25) is 15.9 Å². The zero-order valence-electron chi connectivity index (χ0n) is 10.4. The van der Waals surface area contributed by atoms with Gasteiger partial charge in [-0.3, -0.25) is 4.79 Å². The minimum absolute atomic E-state index is 0.0372. The summed E-state index contributed by atoms with van der Waals surface area (Å²) in [5, 5.41) is 7.69. The molecule has 106 valence electrons. The van der Waals surface area contributed by atoms with Gasteiger partial charge in [-0.25, -0.2) is 18.5 Å². The number of nitrogens with zero attached hydrogens (tertiary/aromatic N) is 1. The molecule has 0 bridgehead atoms. The highest BCUT2D eigenvalue weighted by atomic mass is 32.2. The number of rotatable bonds is 5. The normalized spacial score (nSPS) is 11.2. The summed E-state index contributed by atoms with van der Waals surface area (Å²) >= 11 is 0. The summed E-state index contributed by atoms with van der Waals surface area (Å²) in [6.45, 7) is 0.293. The van der Waals surface area contributed by atoms with E-state index in [9.17, 15) is 13.2 Å². The zero-order valence-corrected chi connectivity index (χ0v) is 11.3. The monoisotopic (exact) mass is 295 g/mol. The fraction of sp³-hybridized carbons (Fsp3) is 0.167. The Labute approximate surface area is 115 Å². The Kier molecular flexibility index (Phi) is 4.16. The number of aromatic nitrogens is 1. The number of nitrogens with one attached hydrogen (secondary N) is 1. The molecule has 0 aliphatic heterocycles. The van der Waals surface area contributed by atoms with Crippen molar-refractivity contribution in [2.45, 2.75) is 17.9 Å². The van der Waals surface area contributed by atoms with Crippen LogP contribution >= 0.6 is 0 Å². The lowest BCUT2D eigenvalue weighted by Crippen LogP contribution is -2.24. The van der Waals surface area contributed by atoms with Gasteiger partial charge in [0, 0.05) is 6.54 Å². The van der Waals surface area contributed by atoms with Crippen LogP contribution in [0.2, 0.25) is 0 Å². The number of oxazole rings is 1. The van der Waals surface area contributed by atoms with E-state index in [0.717, 1.165) is 5.56 Å². The standard InChI is InChI=1S/C12H13N3O4S/c13-20(17,18)11-3-1-9(2-4-11)6-14-12(16)5-10-7-19-8-15-10/h1-4,7-8H,5-6H2,(H,14,16)(H2,13,17,18). The molecule has 8 heteroatoms. The van der Waals surface area contributed by atoms with Gasteiger partial charge in [0.25, 0.3) is 0 Å². The van der Waals surface area contributed by atoms with Crippen LogP contribution in [0.3, 0.4) is 0 Å². The zero-order chi connectivity index (χ0) is 14.6. The molecular weight excluding hydrogens is 282 g/mol. The molecule has 2 aromatic rings. The quantitative estimate of drug-likeness (QED) is 0.816. The third kappa shape index (κ3) is 3.90. The minimum atomic E-state index is -3.69. The van der Waals surface area contributed by atoms with Crippen molar-refractivity contribution >= 4 is 15.9 Å². The lowest BCUT2D eigenvalue weighted by molar-refractivity contribution is -0.120. The Morgan fingerprint density at radius 3 is 2.55 bits per heavy atom. The molecule has 0 spiro atoms. The SMILES string of the molecule is NS(=O)(=O)c1ccc(CNC(=O)Cc2cocn2)cc1. The number of hydrogen-bond acceptors (Lipinski definition) is 5. The van der Waals surface area contributed by atoms with E-state index >= 15 is 0 Å². The van der Waals surface area contributed by atoms with Crippen molar-refractivity contribution in [2.75, 3.05) is 0 Å². The Hall–Kier alpha value is -2.19. The predicted molar refractivity (Wildman–Crippen MR) is 69.9 cm³/mol. The highest BCUT2D eigenvalue weighted by molar-refractivity contribution is 7.89. The molecule has 1 amide bonds. The van der Waals surface area contributed by atoms with Crippen molar-refractivity contribution in [3.63, 3.8) is 0 Å². The molecule has 3 N–H and O–H groups in total. The lowest BCUT2D eigenvalue weighted by atomic mass is 10.2. The summed E-state index contributed by atoms with van der Waals surface area (Å²) in [4.78, 5) is 15.5. The number of primary sulfonamides is 1. The molecule has 20 heavy (non-hydrogen) atoms. The number of amides is 1. The van der Waals surface area contributed by atoms with Crippen molar-refractivity contribution in [3.05, 3.63) is 48.2 Å². The second-order valence-corrected chi connectivity index (χ2v) is 5.68. The van der Waals surface area contributed by atoms with Gasteiger partial charge in [0.1, 0.15) is 6.26 Å². The maximum atomic E-state index is 11.6. The Morgan fingerprint density at radius 1 is 1.30 bits per heavy atom. The molecule has 7 nitrogen and oxygen atoms in total. The van der Waals surface area contributed by atoms with E-state index in [0.29, 0.717) is 12.2 Å². The van der Waals surface area contributed by atoms with E-state index in [4.69, 9.17) is 9.56 Å². The van der Waals surface area contributed by atoms with Crippen molar-refractivity contribution in [3.8, 4) is 0 Å². The topological polar surface area (TPSA) is 115 Å². The Morgan fingerprint density at radius 2 is 2.00 bits per heavy atom. The number of carbonyl (C=O) groups excluding carboxylic acids is 1. The van der Waals surface area contributed by atoms with Crippen LogP contribution in [0.15, 0.2) is 46.2 Å². The van der Waals surface area contributed by atoms with Crippen LogP contribution in [-0.2, 0) is 27.8 Å². The first-order valence-corrected chi connectivity index (χ1v) is 7.25. The van der Waals surface area contributed by atoms with Crippen molar-refractivity contribution in [2.24, 2.45) is 5.14 Å². The molecule has 1 heterocycles. The number of benzene rings is 1. The first-order chi connectivity index (χ1) is 9.45. The highest BCUT2D eigenvalue weighted by Gasteiger charge is 2.08. The van der Waals surface area contributed by atoms with Crippen LogP contribution in [0, 0.1) is 0 Å². The molecule has 0 aliphatic rings.